The Bertz CT molecular complexity index is 198. The fourth-order valence-electron chi connectivity index (χ4n) is 0.0736. The average molecular weight is 132 g/mol. The molecule has 0 aromatic rings. The molecule has 0 heterocycles. The maximum atomic E-state index is 9.94. The van der Waals surface area contributed by atoms with E-state index >= 15 is 0 Å². The summed E-state index contributed by atoms with van der Waals surface area (Å²) >= 11 is 0. The van der Waals surface area contributed by atoms with Crippen molar-refractivity contribution < 1.29 is 14.0 Å². The second-order valence-electron chi connectivity index (χ2n) is 0.773. The van der Waals surface area contributed by atoms with E-state index in [4.69, 9.17) is 16.7 Å². The van der Waals surface area contributed by atoms with Gasteiger partial charge in [0, 0.05) is 0 Å². The highest BCUT2D eigenvalue weighted by Gasteiger charge is 2.28. The monoisotopic (exact) mass is 132 g/mol. The summed E-state index contributed by atoms with van der Waals surface area (Å²) in [5.74, 6) is 0. The molecule has 0 aliphatic carbocycles. The Hall–Kier alpha value is -1.03. The van der Waals surface area contributed by atoms with Gasteiger partial charge in [-0.1, -0.05) is 0 Å². The summed E-state index contributed by atoms with van der Waals surface area (Å²) in [5.41, 5.74) is 0. The molecular formula is C2HN2O3P. The maximum absolute atomic E-state index is 9.94. The van der Waals surface area contributed by atoms with Crippen molar-refractivity contribution in [3.63, 3.8) is 0 Å². The van der Waals surface area contributed by atoms with Crippen molar-refractivity contribution in [2.24, 2.45) is 0 Å². The zero-order valence-corrected chi connectivity index (χ0v) is 4.50. The van der Waals surface area contributed by atoms with Crippen LogP contribution in [0.3, 0.4) is 0 Å². The minimum atomic E-state index is -4.24. The Balaban J connectivity index is 4.05. The van der Waals surface area contributed by atoms with E-state index in [2.05, 4.69) is 9.14 Å². The Kier molecular flexibility index (Phi) is 2.02. The van der Waals surface area contributed by atoms with Gasteiger partial charge in [-0.2, -0.15) is 4.57 Å². The SMILES string of the molecule is [C-]#[N+]P(=O)(O)OC#N. The van der Waals surface area contributed by atoms with Crippen LogP contribution in [0.5, 0.6) is 0 Å². The number of hydrogen-bond acceptors (Lipinski definition) is 3. The molecule has 0 radical (unpaired) electrons. The van der Waals surface area contributed by atoms with Crippen molar-refractivity contribution in [3.8, 4) is 6.26 Å². The number of nitriles is 1. The van der Waals surface area contributed by atoms with Crippen molar-refractivity contribution in [2.45, 2.75) is 0 Å². The van der Waals surface area contributed by atoms with E-state index in [1.54, 1.807) is 0 Å². The van der Waals surface area contributed by atoms with Crippen LogP contribution in [0.15, 0.2) is 0 Å². The topological polar surface area (TPSA) is 74.7 Å². The van der Waals surface area contributed by atoms with Crippen LogP contribution in [0.25, 0.3) is 4.62 Å². The van der Waals surface area contributed by atoms with E-state index < -0.39 is 7.75 Å². The minimum Gasteiger partial charge on any atom is -0.287 e. The summed E-state index contributed by atoms with van der Waals surface area (Å²) in [5, 5.41) is 7.59. The molecule has 6 heteroatoms. The lowest BCUT2D eigenvalue weighted by atomic mass is 11.6. The average Bonchev–Trinajstić information content (AvgIpc) is 1.67. The first kappa shape index (κ1) is 6.97. The lowest BCUT2D eigenvalue weighted by Crippen LogP contribution is -1.71. The molecule has 0 fully saturated rings. The van der Waals surface area contributed by atoms with Gasteiger partial charge in [0.2, 0.25) is 0 Å². The van der Waals surface area contributed by atoms with Crippen molar-refractivity contribution in [2.75, 3.05) is 0 Å². The lowest BCUT2D eigenvalue weighted by molar-refractivity contribution is 0.371. The van der Waals surface area contributed by atoms with Crippen LogP contribution in [0.2, 0.25) is 0 Å². The van der Waals surface area contributed by atoms with Crippen LogP contribution in [-0.2, 0) is 9.09 Å². The van der Waals surface area contributed by atoms with Crippen LogP contribution in [0.1, 0.15) is 0 Å². The van der Waals surface area contributed by atoms with Crippen molar-refractivity contribution in [1.29, 1.82) is 5.26 Å². The fourth-order valence-corrected chi connectivity index (χ4v) is 0.221. The molecule has 0 aromatic carbocycles. The Labute approximate surface area is 45.5 Å². The highest BCUT2D eigenvalue weighted by molar-refractivity contribution is 7.55. The maximum Gasteiger partial charge on any atom is 0.759 e. The molecule has 0 aromatic heterocycles. The first-order chi connectivity index (χ1) is 3.62. The molecule has 0 saturated heterocycles. The van der Waals surface area contributed by atoms with Crippen molar-refractivity contribution in [3.05, 3.63) is 11.2 Å². The molecule has 0 rings (SSSR count). The van der Waals surface area contributed by atoms with Gasteiger partial charge in [-0.25, -0.2) is 16.1 Å². The van der Waals surface area contributed by atoms with Crippen LogP contribution in [0.4, 0.5) is 0 Å². The van der Waals surface area contributed by atoms with Gasteiger partial charge in [0.25, 0.3) is 6.26 Å². The normalized spacial score (nSPS) is 14.9. The van der Waals surface area contributed by atoms with Gasteiger partial charge in [-0.3, -0.25) is 4.52 Å². The second kappa shape index (κ2) is 2.32. The van der Waals surface area contributed by atoms with Crippen molar-refractivity contribution >= 4 is 7.75 Å². The summed E-state index contributed by atoms with van der Waals surface area (Å²) < 4.78 is 15.5. The predicted molar refractivity (Wildman–Crippen MR) is 23.1 cm³/mol. The van der Waals surface area contributed by atoms with E-state index in [9.17, 15) is 4.57 Å². The standard InChI is InChI=1S/C2HN2O3P/c1-4-8(5,6)7-2-3/h(H,5,6). The largest absolute Gasteiger partial charge is 0.759 e. The molecule has 1 unspecified atom stereocenters. The van der Waals surface area contributed by atoms with Crippen LogP contribution < -0.4 is 0 Å². The highest BCUT2D eigenvalue weighted by Crippen LogP contribution is 2.42. The van der Waals surface area contributed by atoms with Gasteiger partial charge in [0.15, 0.2) is 0 Å². The first-order valence-corrected chi connectivity index (χ1v) is 2.95. The quantitative estimate of drug-likeness (QED) is 0.320. The van der Waals surface area contributed by atoms with Gasteiger partial charge in [0.1, 0.15) is 0 Å². The summed E-state index contributed by atoms with van der Waals surface area (Å²) in [6, 6.07) is 0. The highest BCUT2D eigenvalue weighted by atomic mass is 31.2. The molecule has 0 aliphatic heterocycles. The van der Waals surface area contributed by atoms with E-state index in [1.165, 1.54) is 0 Å². The molecule has 1 atom stereocenters. The third-order valence-electron chi connectivity index (χ3n) is 0.286. The Morgan fingerprint density at radius 1 is 2.00 bits per heavy atom. The fraction of sp³-hybridized carbons (Fsp3) is 0. The van der Waals surface area contributed by atoms with E-state index in [0.717, 1.165) is 6.26 Å². The van der Waals surface area contributed by atoms with Crippen molar-refractivity contribution in [1.82, 2.24) is 0 Å². The molecule has 1 N–H and O–H groups in total. The summed E-state index contributed by atoms with van der Waals surface area (Å²) in [6.07, 6.45) is 0.932. The van der Waals surface area contributed by atoms with Crippen LogP contribution in [-0.4, -0.2) is 4.89 Å². The van der Waals surface area contributed by atoms with Crippen LogP contribution in [0, 0.1) is 18.1 Å². The molecule has 5 nitrogen and oxygen atoms in total. The summed E-state index contributed by atoms with van der Waals surface area (Å²) in [6.45, 7) is 5.94. The number of nitrogens with zero attached hydrogens (tertiary/aromatic N) is 2. The molecule has 0 saturated carbocycles. The van der Waals surface area contributed by atoms with Gasteiger partial charge >= 0.3 is 7.75 Å². The van der Waals surface area contributed by atoms with E-state index in [-0.39, 0.29) is 0 Å². The summed E-state index contributed by atoms with van der Waals surface area (Å²) in [4.78, 5) is 8.08. The van der Waals surface area contributed by atoms with Crippen LogP contribution >= 0.6 is 7.75 Å². The third kappa shape index (κ3) is 2.20. The lowest BCUT2D eigenvalue weighted by Gasteiger charge is -1.84. The molecule has 0 bridgehead atoms. The smallest absolute Gasteiger partial charge is 0.287 e. The van der Waals surface area contributed by atoms with E-state index in [1.807, 2.05) is 0 Å². The Morgan fingerprint density at radius 2 is 2.50 bits per heavy atom. The van der Waals surface area contributed by atoms with Gasteiger partial charge in [-0.05, 0) is 0 Å². The molecule has 42 valence electrons. The van der Waals surface area contributed by atoms with Gasteiger partial charge in [-0.15, -0.1) is 5.26 Å². The van der Waals surface area contributed by atoms with Gasteiger partial charge in [0.05, 0.1) is 0 Å². The Morgan fingerprint density at radius 3 is 2.62 bits per heavy atom. The molecule has 8 heavy (non-hydrogen) atoms. The molecule has 0 aliphatic rings. The number of hydrogen-bond donors (Lipinski definition) is 1. The third-order valence-corrected chi connectivity index (χ3v) is 0.858. The zero-order chi connectivity index (χ0) is 6.62. The first-order valence-electron chi connectivity index (χ1n) is 1.42. The summed E-state index contributed by atoms with van der Waals surface area (Å²) in [7, 11) is -4.24. The predicted octanol–water partition coefficient (Wildman–Crippen LogP) is 0.504. The minimum absolute atomic E-state index is 0.932. The molecular weight excluding hydrogens is 131 g/mol. The molecule has 0 spiro atoms. The van der Waals surface area contributed by atoms with E-state index in [0.29, 0.717) is 0 Å². The zero-order valence-electron chi connectivity index (χ0n) is 3.61. The second-order valence-corrected chi connectivity index (χ2v) is 2.14. The molecule has 0 amide bonds. The van der Waals surface area contributed by atoms with Gasteiger partial charge < -0.3 is 0 Å². The number of rotatable bonds is 1.